The van der Waals surface area contributed by atoms with E-state index in [1.54, 1.807) is 0 Å². The summed E-state index contributed by atoms with van der Waals surface area (Å²) in [6, 6.07) is 8.75. The van der Waals surface area contributed by atoms with E-state index in [0.29, 0.717) is 12.6 Å². The zero-order chi connectivity index (χ0) is 14.5. The molecular weight excluding hydrogens is 318 g/mol. The van der Waals surface area contributed by atoms with Crippen LogP contribution in [-0.4, -0.2) is 30.6 Å². The highest BCUT2D eigenvalue weighted by atomic mass is 79.9. The lowest BCUT2D eigenvalue weighted by Gasteiger charge is -2.36. The van der Waals surface area contributed by atoms with Gasteiger partial charge in [-0.1, -0.05) is 28.1 Å². The summed E-state index contributed by atoms with van der Waals surface area (Å²) in [5.74, 6) is -0.0122. The zero-order valence-electron chi connectivity index (χ0n) is 12.1. The first kappa shape index (κ1) is 15.5. The van der Waals surface area contributed by atoms with Crippen LogP contribution in [0, 0.1) is 5.92 Å². The Morgan fingerprint density at radius 1 is 1.45 bits per heavy atom. The number of hydrogen-bond acceptors (Lipinski definition) is 3. The first-order valence-electron chi connectivity index (χ1n) is 7.28. The molecule has 2 rings (SSSR count). The van der Waals surface area contributed by atoms with Crippen molar-refractivity contribution < 1.29 is 9.53 Å². The third-order valence-electron chi connectivity index (χ3n) is 3.97. The highest BCUT2D eigenvalue weighted by Gasteiger charge is 2.29. The maximum Gasteiger partial charge on any atom is 0.310 e. The molecule has 0 amide bonds. The molecule has 1 heterocycles. The van der Waals surface area contributed by atoms with Gasteiger partial charge in [0.25, 0.3) is 0 Å². The molecule has 0 N–H and O–H groups in total. The van der Waals surface area contributed by atoms with Gasteiger partial charge in [-0.05, 0) is 50.9 Å². The lowest BCUT2D eigenvalue weighted by molar-refractivity contribution is -0.150. The summed E-state index contributed by atoms with van der Waals surface area (Å²) in [5.41, 5.74) is 1.29. The van der Waals surface area contributed by atoms with E-state index in [2.05, 4.69) is 52.0 Å². The Labute approximate surface area is 129 Å². The van der Waals surface area contributed by atoms with Gasteiger partial charge < -0.3 is 4.74 Å². The fraction of sp³-hybridized carbons (Fsp3) is 0.562. The average Bonchev–Trinajstić information content (AvgIpc) is 2.48. The molecular formula is C16H22BrNO2. The number of hydrogen-bond donors (Lipinski definition) is 0. The molecule has 1 fully saturated rings. The molecule has 1 aliphatic heterocycles. The number of piperidine rings is 1. The minimum Gasteiger partial charge on any atom is -0.466 e. The molecule has 2 atom stereocenters. The van der Waals surface area contributed by atoms with Gasteiger partial charge in [0.2, 0.25) is 0 Å². The maximum absolute atomic E-state index is 11.9. The molecule has 0 radical (unpaired) electrons. The quantitative estimate of drug-likeness (QED) is 0.781. The van der Waals surface area contributed by atoms with Crippen molar-refractivity contribution in [2.24, 2.45) is 5.92 Å². The van der Waals surface area contributed by atoms with E-state index in [1.807, 2.05) is 6.92 Å². The third-order valence-corrected chi connectivity index (χ3v) is 4.50. The van der Waals surface area contributed by atoms with Gasteiger partial charge in [0, 0.05) is 17.1 Å². The van der Waals surface area contributed by atoms with Gasteiger partial charge in [0.1, 0.15) is 0 Å². The van der Waals surface area contributed by atoms with Crippen LogP contribution >= 0.6 is 15.9 Å². The van der Waals surface area contributed by atoms with Crippen molar-refractivity contribution in [3.63, 3.8) is 0 Å². The molecule has 0 aliphatic carbocycles. The van der Waals surface area contributed by atoms with Crippen molar-refractivity contribution in [2.45, 2.75) is 32.7 Å². The van der Waals surface area contributed by atoms with Crippen molar-refractivity contribution in [1.82, 2.24) is 4.90 Å². The molecule has 4 heteroatoms. The number of halogens is 1. The SMILES string of the molecule is CCOC(=O)C1CCCN(C(C)c2ccc(Br)cc2)C1. The van der Waals surface area contributed by atoms with Crippen LogP contribution in [0.5, 0.6) is 0 Å². The van der Waals surface area contributed by atoms with Crippen LogP contribution < -0.4 is 0 Å². The van der Waals surface area contributed by atoms with Crippen LogP contribution in [0.3, 0.4) is 0 Å². The molecule has 0 bridgehead atoms. The second kappa shape index (κ2) is 7.23. The van der Waals surface area contributed by atoms with E-state index in [1.165, 1.54) is 5.56 Å². The molecule has 1 aromatic carbocycles. The van der Waals surface area contributed by atoms with Crippen LogP contribution in [0.15, 0.2) is 28.7 Å². The van der Waals surface area contributed by atoms with Gasteiger partial charge in [-0.3, -0.25) is 9.69 Å². The zero-order valence-corrected chi connectivity index (χ0v) is 13.7. The van der Waals surface area contributed by atoms with E-state index in [4.69, 9.17) is 4.74 Å². The van der Waals surface area contributed by atoms with E-state index >= 15 is 0 Å². The summed E-state index contributed by atoms with van der Waals surface area (Å²) in [6.45, 7) is 6.39. The summed E-state index contributed by atoms with van der Waals surface area (Å²) >= 11 is 3.46. The van der Waals surface area contributed by atoms with Crippen molar-refractivity contribution in [1.29, 1.82) is 0 Å². The summed E-state index contributed by atoms with van der Waals surface area (Å²) in [6.07, 6.45) is 2.01. The van der Waals surface area contributed by atoms with Gasteiger partial charge in [-0.15, -0.1) is 0 Å². The topological polar surface area (TPSA) is 29.5 Å². The number of likely N-dealkylation sites (tertiary alicyclic amines) is 1. The molecule has 0 spiro atoms. The Hall–Kier alpha value is -0.870. The summed E-state index contributed by atoms with van der Waals surface area (Å²) in [7, 11) is 0. The number of ether oxygens (including phenoxy) is 1. The number of esters is 1. The molecule has 110 valence electrons. The van der Waals surface area contributed by atoms with Crippen molar-refractivity contribution in [3.8, 4) is 0 Å². The Kier molecular flexibility index (Phi) is 5.61. The number of carbonyl (C=O) groups excluding carboxylic acids is 1. The maximum atomic E-state index is 11.9. The van der Waals surface area contributed by atoms with Crippen LogP contribution in [0.4, 0.5) is 0 Å². The van der Waals surface area contributed by atoms with Crippen LogP contribution in [0.1, 0.15) is 38.3 Å². The predicted molar refractivity (Wildman–Crippen MR) is 83.5 cm³/mol. The van der Waals surface area contributed by atoms with Gasteiger partial charge in [0.05, 0.1) is 12.5 Å². The van der Waals surface area contributed by atoms with Gasteiger partial charge >= 0.3 is 5.97 Å². The van der Waals surface area contributed by atoms with Crippen molar-refractivity contribution in [2.75, 3.05) is 19.7 Å². The molecule has 3 nitrogen and oxygen atoms in total. The van der Waals surface area contributed by atoms with E-state index in [-0.39, 0.29) is 11.9 Å². The normalized spacial score (nSPS) is 21.4. The fourth-order valence-corrected chi connectivity index (χ4v) is 3.03. The van der Waals surface area contributed by atoms with Crippen LogP contribution in [0.25, 0.3) is 0 Å². The van der Waals surface area contributed by atoms with Gasteiger partial charge in [-0.2, -0.15) is 0 Å². The second-order valence-corrected chi connectivity index (χ2v) is 6.23. The monoisotopic (exact) mass is 339 g/mol. The number of nitrogens with zero attached hydrogens (tertiary/aromatic N) is 1. The minimum absolute atomic E-state index is 0.0293. The van der Waals surface area contributed by atoms with Gasteiger partial charge in [0.15, 0.2) is 0 Å². The van der Waals surface area contributed by atoms with Gasteiger partial charge in [-0.25, -0.2) is 0 Å². The standard InChI is InChI=1S/C16H22BrNO2/c1-3-20-16(19)14-5-4-10-18(11-14)12(2)13-6-8-15(17)9-7-13/h6-9,12,14H,3-5,10-11H2,1-2H3. The average molecular weight is 340 g/mol. The van der Waals surface area contributed by atoms with E-state index in [0.717, 1.165) is 30.4 Å². The highest BCUT2D eigenvalue weighted by molar-refractivity contribution is 9.10. The van der Waals surface area contributed by atoms with E-state index < -0.39 is 0 Å². The molecule has 1 saturated heterocycles. The first-order valence-corrected chi connectivity index (χ1v) is 8.07. The summed E-state index contributed by atoms with van der Waals surface area (Å²) in [4.78, 5) is 14.3. The lowest BCUT2D eigenvalue weighted by atomic mass is 9.95. The Morgan fingerprint density at radius 2 is 2.15 bits per heavy atom. The predicted octanol–water partition coefficient (Wildman–Crippen LogP) is 3.79. The smallest absolute Gasteiger partial charge is 0.310 e. The summed E-state index contributed by atoms with van der Waals surface area (Å²) < 4.78 is 6.25. The minimum atomic E-state index is -0.0415. The Morgan fingerprint density at radius 3 is 2.80 bits per heavy atom. The molecule has 1 aromatic rings. The number of rotatable bonds is 4. The van der Waals surface area contributed by atoms with Crippen LogP contribution in [-0.2, 0) is 9.53 Å². The largest absolute Gasteiger partial charge is 0.466 e. The van der Waals surface area contributed by atoms with Crippen molar-refractivity contribution >= 4 is 21.9 Å². The first-order chi connectivity index (χ1) is 9.61. The summed E-state index contributed by atoms with van der Waals surface area (Å²) in [5, 5.41) is 0. The van der Waals surface area contributed by atoms with Crippen molar-refractivity contribution in [3.05, 3.63) is 34.3 Å². The molecule has 0 saturated carbocycles. The molecule has 0 aromatic heterocycles. The fourth-order valence-electron chi connectivity index (χ4n) is 2.76. The molecule has 2 unspecified atom stereocenters. The lowest BCUT2D eigenvalue weighted by Crippen LogP contribution is -2.40. The second-order valence-electron chi connectivity index (χ2n) is 5.31. The Bertz CT molecular complexity index is 446. The number of benzene rings is 1. The molecule has 1 aliphatic rings. The van der Waals surface area contributed by atoms with E-state index in [9.17, 15) is 4.79 Å². The highest BCUT2D eigenvalue weighted by Crippen LogP contribution is 2.27. The third kappa shape index (κ3) is 3.83. The van der Waals surface area contributed by atoms with Crippen LogP contribution in [0.2, 0.25) is 0 Å². The molecule has 20 heavy (non-hydrogen) atoms. The Balaban J connectivity index is 2.01. The number of carbonyl (C=O) groups is 1.